The summed E-state index contributed by atoms with van der Waals surface area (Å²) in [5, 5.41) is 0. The Bertz CT molecular complexity index is 664. The summed E-state index contributed by atoms with van der Waals surface area (Å²) < 4.78 is 0. The normalized spacial score (nSPS) is 12.2. The standard InChI is InChI=1S/C24H32/c1-6-21-14-15-22(7-2)24(17-19(5)18(3)4)23(21)16-13-20-11-9-8-10-12-20/h8-12,14-15,19H,3,6-7,13,16-17H2,1-2,4-5H3. The minimum atomic E-state index is 0.540. The maximum Gasteiger partial charge on any atom is -0.0196 e. The summed E-state index contributed by atoms with van der Waals surface area (Å²) in [5.74, 6) is 0.540. The summed E-state index contributed by atoms with van der Waals surface area (Å²) >= 11 is 0. The van der Waals surface area contributed by atoms with Gasteiger partial charge in [-0.25, -0.2) is 0 Å². The van der Waals surface area contributed by atoms with Gasteiger partial charge in [-0.15, -0.1) is 0 Å². The molecule has 0 bridgehead atoms. The van der Waals surface area contributed by atoms with Crippen LogP contribution in [-0.4, -0.2) is 0 Å². The third-order valence-electron chi connectivity index (χ3n) is 5.25. The first kappa shape index (κ1) is 18.5. The lowest BCUT2D eigenvalue weighted by molar-refractivity contribution is 0.667. The molecule has 0 N–H and O–H groups in total. The highest BCUT2D eigenvalue weighted by Gasteiger charge is 2.15. The van der Waals surface area contributed by atoms with Crippen molar-refractivity contribution in [2.45, 2.75) is 59.8 Å². The van der Waals surface area contributed by atoms with Gasteiger partial charge in [0.25, 0.3) is 0 Å². The minimum Gasteiger partial charge on any atom is -0.0999 e. The molecule has 0 saturated heterocycles. The van der Waals surface area contributed by atoms with Gasteiger partial charge in [0.2, 0.25) is 0 Å². The zero-order valence-electron chi connectivity index (χ0n) is 15.9. The molecule has 2 rings (SSSR count). The fourth-order valence-corrected chi connectivity index (χ4v) is 3.41. The smallest absolute Gasteiger partial charge is 0.0196 e. The van der Waals surface area contributed by atoms with Crippen molar-refractivity contribution in [2.24, 2.45) is 5.92 Å². The summed E-state index contributed by atoms with van der Waals surface area (Å²) in [6.45, 7) is 13.2. The molecule has 0 saturated carbocycles. The lowest BCUT2D eigenvalue weighted by Gasteiger charge is -2.21. The monoisotopic (exact) mass is 320 g/mol. The number of hydrogen-bond acceptors (Lipinski definition) is 0. The van der Waals surface area contributed by atoms with Gasteiger partial charge in [-0.05, 0) is 72.8 Å². The van der Waals surface area contributed by atoms with Gasteiger partial charge in [0.05, 0.1) is 0 Å². The largest absolute Gasteiger partial charge is 0.0999 e. The van der Waals surface area contributed by atoms with Crippen LogP contribution < -0.4 is 0 Å². The maximum atomic E-state index is 4.17. The van der Waals surface area contributed by atoms with E-state index in [1.54, 1.807) is 11.1 Å². The highest BCUT2D eigenvalue weighted by molar-refractivity contribution is 5.43. The van der Waals surface area contributed by atoms with E-state index >= 15 is 0 Å². The van der Waals surface area contributed by atoms with Gasteiger partial charge in [0, 0.05) is 0 Å². The van der Waals surface area contributed by atoms with Crippen molar-refractivity contribution >= 4 is 0 Å². The highest BCUT2D eigenvalue weighted by atomic mass is 14.2. The Morgan fingerprint density at radius 1 is 0.875 bits per heavy atom. The Morgan fingerprint density at radius 2 is 1.46 bits per heavy atom. The molecule has 0 radical (unpaired) electrons. The van der Waals surface area contributed by atoms with Gasteiger partial charge in [-0.3, -0.25) is 0 Å². The van der Waals surface area contributed by atoms with E-state index in [2.05, 4.69) is 76.7 Å². The first-order chi connectivity index (χ1) is 11.6. The van der Waals surface area contributed by atoms with Gasteiger partial charge < -0.3 is 0 Å². The second-order valence-corrected chi connectivity index (χ2v) is 6.99. The van der Waals surface area contributed by atoms with E-state index in [1.807, 2.05) is 0 Å². The van der Waals surface area contributed by atoms with E-state index in [-0.39, 0.29) is 0 Å². The van der Waals surface area contributed by atoms with Crippen molar-refractivity contribution in [3.05, 3.63) is 82.4 Å². The van der Waals surface area contributed by atoms with E-state index < -0.39 is 0 Å². The Balaban J connectivity index is 2.36. The lowest BCUT2D eigenvalue weighted by Crippen LogP contribution is -2.10. The zero-order valence-corrected chi connectivity index (χ0v) is 15.9. The predicted molar refractivity (Wildman–Crippen MR) is 107 cm³/mol. The molecule has 1 atom stereocenters. The van der Waals surface area contributed by atoms with E-state index in [1.165, 1.54) is 22.3 Å². The van der Waals surface area contributed by atoms with Crippen LogP contribution in [-0.2, 0) is 32.1 Å². The van der Waals surface area contributed by atoms with Crippen molar-refractivity contribution in [1.29, 1.82) is 0 Å². The van der Waals surface area contributed by atoms with Crippen LogP contribution in [0.2, 0.25) is 0 Å². The van der Waals surface area contributed by atoms with Crippen LogP contribution >= 0.6 is 0 Å². The van der Waals surface area contributed by atoms with Crippen LogP contribution in [0, 0.1) is 5.92 Å². The first-order valence-electron chi connectivity index (χ1n) is 9.38. The van der Waals surface area contributed by atoms with Crippen molar-refractivity contribution in [3.8, 4) is 0 Å². The average Bonchev–Trinajstić information content (AvgIpc) is 2.60. The lowest BCUT2D eigenvalue weighted by atomic mass is 9.84. The molecule has 0 aliphatic carbocycles. The topological polar surface area (TPSA) is 0 Å². The summed E-state index contributed by atoms with van der Waals surface area (Å²) in [7, 11) is 0. The van der Waals surface area contributed by atoms with Crippen molar-refractivity contribution in [3.63, 3.8) is 0 Å². The van der Waals surface area contributed by atoms with Crippen LogP contribution in [0.4, 0.5) is 0 Å². The van der Waals surface area contributed by atoms with Gasteiger partial charge in [-0.2, -0.15) is 0 Å². The summed E-state index contributed by atoms with van der Waals surface area (Å²) in [5.41, 5.74) is 8.93. The number of aryl methyl sites for hydroxylation is 3. The molecule has 2 aromatic rings. The molecular formula is C24H32. The SMILES string of the molecule is C=C(C)C(C)Cc1c(CC)ccc(CC)c1CCc1ccccc1. The van der Waals surface area contributed by atoms with Crippen LogP contribution in [0.25, 0.3) is 0 Å². The van der Waals surface area contributed by atoms with Crippen LogP contribution in [0.1, 0.15) is 55.5 Å². The van der Waals surface area contributed by atoms with E-state index in [0.717, 1.165) is 32.1 Å². The molecule has 0 nitrogen and oxygen atoms in total. The molecule has 0 aliphatic rings. The fraction of sp³-hybridized carbons (Fsp3) is 0.417. The van der Waals surface area contributed by atoms with Crippen LogP contribution in [0.3, 0.4) is 0 Å². The minimum absolute atomic E-state index is 0.540. The number of hydrogen-bond donors (Lipinski definition) is 0. The molecule has 0 heteroatoms. The Hall–Kier alpha value is -1.82. The van der Waals surface area contributed by atoms with Gasteiger partial charge in [-0.1, -0.05) is 75.4 Å². The molecule has 0 spiro atoms. The zero-order chi connectivity index (χ0) is 17.5. The molecule has 0 amide bonds. The number of benzene rings is 2. The summed E-state index contributed by atoms with van der Waals surface area (Å²) in [4.78, 5) is 0. The third kappa shape index (κ3) is 4.60. The van der Waals surface area contributed by atoms with E-state index in [9.17, 15) is 0 Å². The van der Waals surface area contributed by atoms with E-state index in [0.29, 0.717) is 5.92 Å². The summed E-state index contributed by atoms with van der Waals surface area (Å²) in [6.07, 6.45) is 5.61. The average molecular weight is 321 g/mol. The first-order valence-corrected chi connectivity index (χ1v) is 9.38. The quantitative estimate of drug-likeness (QED) is 0.497. The molecule has 128 valence electrons. The van der Waals surface area contributed by atoms with Crippen molar-refractivity contribution in [2.75, 3.05) is 0 Å². The van der Waals surface area contributed by atoms with Gasteiger partial charge >= 0.3 is 0 Å². The second-order valence-electron chi connectivity index (χ2n) is 6.99. The van der Waals surface area contributed by atoms with Gasteiger partial charge in [0.1, 0.15) is 0 Å². The molecule has 0 fully saturated rings. The van der Waals surface area contributed by atoms with Gasteiger partial charge in [0.15, 0.2) is 0 Å². The molecular weight excluding hydrogens is 288 g/mol. The molecule has 0 heterocycles. The highest BCUT2D eigenvalue weighted by Crippen LogP contribution is 2.27. The van der Waals surface area contributed by atoms with E-state index in [4.69, 9.17) is 0 Å². The molecule has 24 heavy (non-hydrogen) atoms. The molecule has 0 aliphatic heterocycles. The predicted octanol–water partition coefficient (Wildman–Crippen LogP) is 6.35. The van der Waals surface area contributed by atoms with Crippen molar-refractivity contribution < 1.29 is 0 Å². The molecule has 2 aromatic carbocycles. The van der Waals surface area contributed by atoms with Crippen molar-refractivity contribution in [1.82, 2.24) is 0 Å². The summed E-state index contributed by atoms with van der Waals surface area (Å²) in [6, 6.07) is 15.6. The Morgan fingerprint density at radius 3 is 2.00 bits per heavy atom. The number of allylic oxidation sites excluding steroid dienone is 1. The van der Waals surface area contributed by atoms with Crippen LogP contribution in [0.15, 0.2) is 54.6 Å². The Kier molecular flexibility index (Phi) is 6.85. The van der Waals surface area contributed by atoms with Crippen LogP contribution in [0.5, 0.6) is 0 Å². The molecule has 1 unspecified atom stereocenters. The molecule has 0 aromatic heterocycles. The Labute approximate surface area is 148 Å². The maximum absolute atomic E-state index is 4.17. The third-order valence-corrected chi connectivity index (χ3v) is 5.25. The second kappa shape index (κ2) is 8.87. The fourth-order valence-electron chi connectivity index (χ4n) is 3.41. The number of rotatable bonds is 8.